The van der Waals surface area contributed by atoms with Gasteiger partial charge in [-0.05, 0) is 28.1 Å². The summed E-state index contributed by atoms with van der Waals surface area (Å²) in [6.45, 7) is 0. The van der Waals surface area contributed by atoms with E-state index in [1.165, 1.54) is 0 Å². The SMILES string of the molecule is O=CCC#Cc1ccnc(Br)c1. The zero-order valence-electron chi connectivity index (χ0n) is 6.25. The highest BCUT2D eigenvalue weighted by Gasteiger charge is 1.88. The van der Waals surface area contributed by atoms with Crippen molar-refractivity contribution in [3.63, 3.8) is 0 Å². The van der Waals surface area contributed by atoms with Gasteiger partial charge in [0, 0.05) is 11.8 Å². The second kappa shape index (κ2) is 4.68. The molecule has 1 aromatic heterocycles. The molecule has 0 amide bonds. The molecule has 12 heavy (non-hydrogen) atoms. The highest BCUT2D eigenvalue weighted by atomic mass is 79.9. The zero-order chi connectivity index (χ0) is 8.81. The van der Waals surface area contributed by atoms with E-state index in [1.54, 1.807) is 18.3 Å². The molecule has 3 heteroatoms. The first-order valence-electron chi connectivity index (χ1n) is 3.37. The maximum absolute atomic E-state index is 9.94. The minimum absolute atomic E-state index is 0.278. The Morgan fingerprint density at radius 2 is 2.50 bits per heavy atom. The Balaban J connectivity index is 2.77. The van der Waals surface area contributed by atoms with Crippen LogP contribution in [-0.2, 0) is 4.79 Å². The van der Waals surface area contributed by atoms with Crippen molar-refractivity contribution in [1.82, 2.24) is 4.98 Å². The third-order valence-electron chi connectivity index (χ3n) is 1.14. The number of hydrogen-bond donors (Lipinski definition) is 0. The van der Waals surface area contributed by atoms with E-state index in [9.17, 15) is 4.79 Å². The highest BCUT2D eigenvalue weighted by molar-refractivity contribution is 9.10. The molecule has 60 valence electrons. The van der Waals surface area contributed by atoms with Crippen LogP contribution in [-0.4, -0.2) is 11.3 Å². The molecule has 0 bridgehead atoms. The lowest BCUT2D eigenvalue weighted by Gasteiger charge is -1.89. The van der Waals surface area contributed by atoms with E-state index in [4.69, 9.17) is 0 Å². The van der Waals surface area contributed by atoms with Crippen molar-refractivity contribution in [2.45, 2.75) is 6.42 Å². The van der Waals surface area contributed by atoms with Gasteiger partial charge in [0.2, 0.25) is 0 Å². The molecule has 0 aliphatic heterocycles. The van der Waals surface area contributed by atoms with Gasteiger partial charge in [-0.1, -0.05) is 11.8 Å². The van der Waals surface area contributed by atoms with Crippen LogP contribution in [0.1, 0.15) is 12.0 Å². The lowest BCUT2D eigenvalue weighted by atomic mass is 10.3. The average Bonchev–Trinajstić information content (AvgIpc) is 2.05. The maximum atomic E-state index is 9.94. The molecule has 0 spiro atoms. The Hall–Kier alpha value is -1.14. The number of hydrogen-bond acceptors (Lipinski definition) is 2. The van der Waals surface area contributed by atoms with E-state index in [-0.39, 0.29) is 6.42 Å². The van der Waals surface area contributed by atoms with Gasteiger partial charge in [-0.15, -0.1) is 0 Å². The predicted octanol–water partition coefficient (Wildman–Crippen LogP) is 1.78. The Labute approximate surface area is 79.1 Å². The Kier molecular flexibility index (Phi) is 3.49. The number of halogens is 1. The summed E-state index contributed by atoms with van der Waals surface area (Å²) >= 11 is 3.22. The average molecular weight is 224 g/mol. The monoisotopic (exact) mass is 223 g/mol. The van der Waals surface area contributed by atoms with Crippen LogP contribution >= 0.6 is 15.9 Å². The topological polar surface area (TPSA) is 30.0 Å². The van der Waals surface area contributed by atoms with Gasteiger partial charge in [-0.2, -0.15) is 0 Å². The number of aldehydes is 1. The molecule has 0 radical (unpaired) electrons. The minimum Gasteiger partial charge on any atom is -0.302 e. The van der Waals surface area contributed by atoms with Gasteiger partial charge in [-0.3, -0.25) is 0 Å². The molecule has 0 N–H and O–H groups in total. The highest BCUT2D eigenvalue weighted by Crippen LogP contribution is 2.06. The van der Waals surface area contributed by atoms with Crippen LogP contribution in [0.25, 0.3) is 0 Å². The van der Waals surface area contributed by atoms with Crippen molar-refractivity contribution in [2.24, 2.45) is 0 Å². The van der Waals surface area contributed by atoms with Crippen molar-refractivity contribution in [1.29, 1.82) is 0 Å². The van der Waals surface area contributed by atoms with Gasteiger partial charge in [0.25, 0.3) is 0 Å². The van der Waals surface area contributed by atoms with E-state index < -0.39 is 0 Å². The van der Waals surface area contributed by atoms with E-state index in [2.05, 4.69) is 32.8 Å². The quantitative estimate of drug-likeness (QED) is 0.413. The summed E-state index contributed by atoms with van der Waals surface area (Å²) in [5.74, 6) is 5.55. The number of rotatable bonds is 1. The molecule has 0 aromatic carbocycles. The van der Waals surface area contributed by atoms with Gasteiger partial charge in [0.05, 0.1) is 6.42 Å². The van der Waals surface area contributed by atoms with Gasteiger partial charge in [-0.25, -0.2) is 4.98 Å². The maximum Gasteiger partial charge on any atom is 0.131 e. The molecule has 1 rings (SSSR count). The molecule has 1 aromatic rings. The van der Waals surface area contributed by atoms with Gasteiger partial charge >= 0.3 is 0 Å². The molecule has 0 saturated heterocycles. The van der Waals surface area contributed by atoms with E-state index in [0.29, 0.717) is 0 Å². The summed E-state index contributed by atoms with van der Waals surface area (Å²) in [5.41, 5.74) is 0.860. The molecule has 2 nitrogen and oxygen atoms in total. The third kappa shape index (κ3) is 2.85. The lowest BCUT2D eigenvalue weighted by Crippen LogP contribution is -1.77. The molecule has 0 atom stereocenters. The van der Waals surface area contributed by atoms with Crippen LogP contribution in [0, 0.1) is 11.8 Å². The first-order valence-corrected chi connectivity index (χ1v) is 4.16. The fraction of sp³-hybridized carbons (Fsp3) is 0.111. The number of carbonyl (C=O) groups is 1. The van der Waals surface area contributed by atoms with Crippen molar-refractivity contribution < 1.29 is 4.79 Å². The van der Waals surface area contributed by atoms with Crippen LogP contribution in [0.4, 0.5) is 0 Å². The molecule has 0 aliphatic rings. The van der Waals surface area contributed by atoms with Crippen molar-refractivity contribution in [2.75, 3.05) is 0 Å². The van der Waals surface area contributed by atoms with Crippen molar-refractivity contribution in [3.05, 3.63) is 28.5 Å². The molecule has 0 fully saturated rings. The Morgan fingerprint density at radius 1 is 1.67 bits per heavy atom. The van der Waals surface area contributed by atoms with E-state index in [0.717, 1.165) is 16.5 Å². The second-order valence-corrected chi connectivity index (χ2v) is 2.85. The van der Waals surface area contributed by atoms with Crippen LogP contribution in [0.3, 0.4) is 0 Å². The standard InChI is InChI=1S/C9H6BrNO/c10-9-7-8(4-5-11-9)3-1-2-6-12/h4-7H,2H2. The Bertz CT molecular complexity index is 338. The van der Waals surface area contributed by atoms with Crippen molar-refractivity contribution in [3.8, 4) is 11.8 Å². The summed E-state index contributed by atoms with van der Waals surface area (Å²) in [6, 6.07) is 3.60. The summed E-state index contributed by atoms with van der Waals surface area (Å²) in [4.78, 5) is 13.9. The van der Waals surface area contributed by atoms with Crippen LogP contribution in [0.5, 0.6) is 0 Å². The predicted molar refractivity (Wildman–Crippen MR) is 49.5 cm³/mol. The fourth-order valence-corrected chi connectivity index (χ4v) is 1.04. The van der Waals surface area contributed by atoms with Gasteiger partial charge in [0.1, 0.15) is 10.9 Å². The molecular weight excluding hydrogens is 218 g/mol. The largest absolute Gasteiger partial charge is 0.302 e. The van der Waals surface area contributed by atoms with Crippen LogP contribution in [0.2, 0.25) is 0 Å². The number of pyridine rings is 1. The number of carbonyl (C=O) groups excluding carboxylic acids is 1. The van der Waals surface area contributed by atoms with Crippen molar-refractivity contribution >= 4 is 22.2 Å². The summed E-state index contributed by atoms with van der Waals surface area (Å²) < 4.78 is 0.750. The third-order valence-corrected chi connectivity index (χ3v) is 1.58. The Morgan fingerprint density at radius 3 is 3.17 bits per heavy atom. The molecule has 0 unspecified atom stereocenters. The minimum atomic E-state index is 0.278. The van der Waals surface area contributed by atoms with Crippen LogP contribution < -0.4 is 0 Å². The number of aromatic nitrogens is 1. The lowest BCUT2D eigenvalue weighted by molar-refractivity contribution is -0.107. The first-order chi connectivity index (χ1) is 5.83. The summed E-state index contributed by atoms with van der Waals surface area (Å²) in [7, 11) is 0. The van der Waals surface area contributed by atoms with E-state index >= 15 is 0 Å². The number of nitrogens with zero attached hydrogens (tertiary/aromatic N) is 1. The molecule has 0 aliphatic carbocycles. The van der Waals surface area contributed by atoms with E-state index in [1.807, 2.05) is 0 Å². The summed E-state index contributed by atoms with van der Waals surface area (Å²) in [6.07, 6.45) is 2.72. The molecular formula is C9H6BrNO. The van der Waals surface area contributed by atoms with Crippen LogP contribution in [0.15, 0.2) is 22.9 Å². The first kappa shape index (κ1) is 8.95. The molecule has 1 heterocycles. The molecule has 0 saturated carbocycles. The second-order valence-electron chi connectivity index (χ2n) is 2.04. The zero-order valence-corrected chi connectivity index (χ0v) is 7.84. The van der Waals surface area contributed by atoms with Gasteiger partial charge in [0.15, 0.2) is 0 Å². The normalized spacial score (nSPS) is 8.42. The smallest absolute Gasteiger partial charge is 0.131 e. The van der Waals surface area contributed by atoms with Gasteiger partial charge < -0.3 is 4.79 Å². The summed E-state index contributed by atoms with van der Waals surface area (Å²) in [5, 5.41) is 0. The fourth-order valence-electron chi connectivity index (χ4n) is 0.675.